The number of amides is 1. The second-order valence-electron chi connectivity index (χ2n) is 6.70. The molecule has 1 aliphatic heterocycles. The Kier molecular flexibility index (Phi) is 5.64. The predicted molar refractivity (Wildman–Crippen MR) is 100 cm³/mol. The number of hydrogen-bond donors (Lipinski definition) is 1. The molecule has 0 saturated carbocycles. The van der Waals surface area contributed by atoms with E-state index in [0.717, 1.165) is 56.0 Å². The fourth-order valence-corrected chi connectivity index (χ4v) is 3.22. The van der Waals surface area contributed by atoms with Crippen molar-refractivity contribution in [1.29, 1.82) is 0 Å². The van der Waals surface area contributed by atoms with Crippen LogP contribution in [0.3, 0.4) is 0 Å². The van der Waals surface area contributed by atoms with Gasteiger partial charge >= 0.3 is 0 Å². The topological polar surface area (TPSA) is 58.1 Å². The van der Waals surface area contributed by atoms with Gasteiger partial charge in [-0.15, -0.1) is 10.2 Å². The van der Waals surface area contributed by atoms with Gasteiger partial charge in [0.05, 0.1) is 5.69 Å². The zero-order valence-electron chi connectivity index (χ0n) is 15.0. The van der Waals surface area contributed by atoms with Crippen molar-refractivity contribution in [2.24, 2.45) is 5.92 Å². The molecule has 1 saturated heterocycles. The third-order valence-corrected chi connectivity index (χ3v) is 4.70. The van der Waals surface area contributed by atoms with Gasteiger partial charge in [-0.1, -0.05) is 30.7 Å². The molecule has 0 radical (unpaired) electrons. The highest BCUT2D eigenvalue weighted by molar-refractivity contribution is 5.78. The molecular formula is C20H26N4O. The number of aryl methyl sites for hydroxylation is 1. The Hall–Kier alpha value is -2.43. The number of carbonyl (C=O) groups is 1. The van der Waals surface area contributed by atoms with E-state index >= 15 is 0 Å². The largest absolute Gasteiger partial charge is 0.356 e. The molecule has 2 heterocycles. The molecule has 25 heavy (non-hydrogen) atoms. The molecule has 0 atom stereocenters. The highest BCUT2D eigenvalue weighted by Crippen LogP contribution is 2.23. The van der Waals surface area contributed by atoms with E-state index in [1.165, 1.54) is 5.56 Å². The number of nitrogens with one attached hydrogen (secondary N) is 1. The van der Waals surface area contributed by atoms with Gasteiger partial charge < -0.3 is 10.2 Å². The molecule has 1 amide bonds. The molecule has 1 N–H and O–H groups in total. The first-order valence-corrected chi connectivity index (χ1v) is 9.11. The van der Waals surface area contributed by atoms with E-state index in [4.69, 9.17) is 0 Å². The monoisotopic (exact) mass is 338 g/mol. The second kappa shape index (κ2) is 8.10. The Bertz CT molecular complexity index is 706. The summed E-state index contributed by atoms with van der Waals surface area (Å²) in [6, 6.07) is 12.3. The van der Waals surface area contributed by atoms with Crippen LogP contribution in [0.4, 0.5) is 5.82 Å². The standard InChI is InChI=1S/C20H26N4O/c1-3-11-21-20(25)16-9-12-24(13-10-16)19-8-7-18(22-23-19)17-6-4-5-15(2)14-17/h4-8,14,16H,3,9-13H2,1-2H3,(H,21,25). The van der Waals surface area contributed by atoms with E-state index in [1.807, 2.05) is 18.2 Å². The maximum atomic E-state index is 12.1. The third-order valence-electron chi connectivity index (χ3n) is 4.70. The normalized spacial score (nSPS) is 15.2. The van der Waals surface area contributed by atoms with E-state index < -0.39 is 0 Å². The molecule has 1 aromatic carbocycles. The zero-order chi connectivity index (χ0) is 17.6. The number of nitrogens with zero attached hydrogens (tertiary/aromatic N) is 3. The van der Waals surface area contributed by atoms with Crippen LogP contribution in [0.2, 0.25) is 0 Å². The number of benzene rings is 1. The Morgan fingerprint density at radius 3 is 2.64 bits per heavy atom. The number of hydrogen-bond acceptors (Lipinski definition) is 4. The van der Waals surface area contributed by atoms with Crippen molar-refractivity contribution in [3.05, 3.63) is 42.0 Å². The average Bonchev–Trinajstić information content (AvgIpc) is 2.66. The number of carbonyl (C=O) groups excluding carboxylic acids is 1. The van der Waals surface area contributed by atoms with Crippen molar-refractivity contribution < 1.29 is 4.79 Å². The summed E-state index contributed by atoms with van der Waals surface area (Å²) in [6.07, 6.45) is 2.72. The van der Waals surface area contributed by atoms with E-state index in [2.05, 4.69) is 52.5 Å². The lowest BCUT2D eigenvalue weighted by atomic mass is 9.96. The number of piperidine rings is 1. The summed E-state index contributed by atoms with van der Waals surface area (Å²) in [7, 11) is 0. The molecule has 1 aromatic heterocycles. The van der Waals surface area contributed by atoms with Crippen molar-refractivity contribution in [1.82, 2.24) is 15.5 Å². The minimum atomic E-state index is 0.127. The molecular weight excluding hydrogens is 312 g/mol. The first-order chi connectivity index (χ1) is 12.2. The SMILES string of the molecule is CCCNC(=O)C1CCN(c2ccc(-c3cccc(C)c3)nn2)CC1. The number of aromatic nitrogens is 2. The Labute approximate surface area is 149 Å². The first-order valence-electron chi connectivity index (χ1n) is 9.11. The van der Waals surface area contributed by atoms with E-state index in [-0.39, 0.29) is 11.8 Å². The third kappa shape index (κ3) is 4.35. The summed E-state index contributed by atoms with van der Waals surface area (Å²) in [5.74, 6) is 1.22. The van der Waals surface area contributed by atoms with Gasteiger partial charge in [-0.2, -0.15) is 0 Å². The Morgan fingerprint density at radius 2 is 2.00 bits per heavy atom. The quantitative estimate of drug-likeness (QED) is 0.909. The van der Waals surface area contributed by atoms with Crippen LogP contribution >= 0.6 is 0 Å². The summed E-state index contributed by atoms with van der Waals surface area (Å²) in [5, 5.41) is 11.8. The van der Waals surface area contributed by atoms with Gasteiger partial charge in [0.25, 0.3) is 0 Å². The summed E-state index contributed by atoms with van der Waals surface area (Å²) in [4.78, 5) is 14.3. The Balaban J connectivity index is 1.60. The lowest BCUT2D eigenvalue weighted by molar-refractivity contribution is -0.125. The van der Waals surface area contributed by atoms with Crippen LogP contribution in [0.5, 0.6) is 0 Å². The van der Waals surface area contributed by atoms with Gasteiger partial charge in [-0.3, -0.25) is 4.79 Å². The van der Waals surface area contributed by atoms with Crippen LogP contribution in [0.25, 0.3) is 11.3 Å². The predicted octanol–water partition coefficient (Wildman–Crippen LogP) is 3.19. The Morgan fingerprint density at radius 1 is 1.20 bits per heavy atom. The van der Waals surface area contributed by atoms with Gasteiger partial charge in [0.15, 0.2) is 5.82 Å². The summed E-state index contributed by atoms with van der Waals surface area (Å²) < 4.78 is 0. The smallest absolute Gasteiger partial charge is 0.223 e. The van der Waals surface area contributed by atoms with Crippen LogP contribution in [0.1, 0.15) is 31.7 Å². The molecule has 5 heteroatoms. The molecule has 132 valence electrons. The minimum Gasteiger partial charge on any atom is -0.356 e. The fourth-order valence-electron chi connectivity index (χ4n) is 3.22. The molecule has 0 aliphatic carbocycles. The van der Waals surface area contributed by atoms with E-state index in [9.17, 15) is 4.79 Å². The average molecular weight is 338 g/mol. The van der Waals surface area contributed by atoms with Gasteiger partial charge in [-0.25, -0.2) is 0 Å². The summed E-state index contributed by atoms with van der Waals surface area (Å²) in [6.45, 7) is 6.62. The van der Waals surface area contributed by atoms with Gasteiger partial charge in [-0.05, 0) is 44.4 Å². The number of rotatable bonds is 5. The maximum Gasteiger partial charge on any atom is 0.223 e. The van der Waals surface area contributed by atoms with Crippen LogP contribution in [0, 0.1) is 12.8 Å². The highest BCUT2D eigenvalue weighted by atomic mass is 16.1. The molecule has 0 unspecified atom stereocenters. The number of anilines is 1. The highest BCUT2D eigenvalue weighted by Gasteiger charge is 2.25. The van der Waals surface area contributed by atoms with Crippen molar-refractivity contribution in [2.75, 3.05) is 24.5 Å². The van der Waals surface area contributed by atoms with Crippen molar-refractivity contribution in [3.63, 3.8) is 0 Å². The van der Waals surface area contributed by atoms with Gasteiger partial charge in [0, 0.05) is 31.1 Å². The maximum absolute atomic E-state index is 12.1. The molecule has 3 rings (SSSR count). The minimum absolute atomic E-state index is 0.127. The first kappa shape index (κ1) is 17.4. The molecule has 0 bridgehead atoms. The second-order valence-corrected chi connectivity index (χ2v) is 6.70. The lowest BCUT2D eigenvalue weighted by Gasteiger charge is -2.31. The van der Waals surface area contributed by atoms with Crippen LogP contribution < -0.4 is 10.2 Å². The van der Waals surface area contributed by atoms with Crippen LogP contribution in [-0.4, -0.2) is 35.7 Å². The van der Waals surface area contributed by atoms with Crippen LogP contribution in [0.15, 0.2) is 36.4 Å². The van der Waals surface area contributed by atoms with E-state index in [0.29, 0.717) is 0 Å². The molecule has 5 nitrogen and oxygen atoms in total. The van der Waals surface area contributed by atoms with Crippen molar-refractivity contribution in [2.45, 2.75) is 33.1 Å². The van der Waals surface area contributed by atoms with E-state index in [1.54, 1.807) is 0 Å². The molecule has 1 fully saturated rings. The van der Waals surface area contributed by atoms with Crippen molar-refractivity contribution >= 4 is 11.7 Å². The molecule has 0 spiro atoms. The van der Waals surface area contributed by atoms with Gasteiger partial charge in [0.1, 0.15) is 0 Å². The lowest BCUT2D eigenvalue weighted by Crippen LogP contribution is -2.41. The molecule has 1 aliphatic rings. The molecule has 2 aromatic rings. The van der Waals surface area contributed by atoms with Crippen LogP contribution in [-0.2, 0) is 4.79 Å². The van der Waals surface area contributed by atoms with Gasteiger partial charge in [0.2, 0.25) is 5.91 Å². The zero-order valence-corrected chi connectivity index (χ0v) is 15.0. The summed E-state index contributed by atoms with van der Waals surface area (Å²) in [5.41, 5.74) is 3.19. The van der Waals surface area contributed by atoms with Crippen molar-refractivity contribution in [3.8, 4) is 11.3 Å². The fraction of sp³-hybridized carbons (Fsp3) is 0.450. The summed E-state index contributed by atoms with van der Waals surface area (Å²) >= 11 is 0.